The summed E-state index contributed by atoms with van der Waals surface area (Å²) in [6, 6.07) is 5.15. The zero-order valence-electron chi connectivity index (χ0n) is 11.5. The third-order valence-corrected chi connectivity index (χ3v) is 4.47. The van der Waals surface area contributed by atoms with Gasteiger partial charge in [0.2, 0.25) is 0 Å². The number of thioether (sulfide) groups is 1. The fraction of sp³-hybridized carbons (Fsp3) is 0.357. The molecule has 2 rings (SSSR count). The summed E-state index contributed by atoms with van der Waals surface area (Å²) in [6.07, 6.45) is 2.46. The van der Waals surface area contributed by atoms with Crippen LogP contribution in [0.3, 0.4) is 0 Å². The van der Waals surface area contributed by atoms with Crippen LogP contribution in [0.15, 0.2) is 18.2 Å². The molecule has 0 aliphatic heterocycles. The van der Waals surface area contributed by atoms with Gasteiger partial charge >= 0.3 is 0 Å². The first-order valence-electron chi connectivity index (χ1n) is 6.44. The summed E-state index contributed by atoms with van der Waals surface area (Å²) in [6.45, 7) is 0.0293. The number of hydrogen-bond donors (Lipinski definition) is 3. The number of halogens is 2. The molecule has 0 saturated carbocycles. The van der Waals surface area contributed by atoms with Gasteiger partial charge in [0.1, 0.15) is 5.69 Å². The lowest BCUT2D eigenvalue weighted by atomic mass is 10.2. The standard InChI is InChI=1S/C14H16Cl2N2O2S/c1-21-7-9(4-5-19)17-14(20)13-12(16)10-6-8(15)2-3-11(10)18-13/h2-3,6,9,18-19H,4-5,7H2,1H3,(H,17,20). The lowest BCUT2D eigenvalue weighted by Crippen LogP contribution is -2.37. The van der Waals surface area contributed by atoms with E-state index in [2.05, 4.69) is 10.3 Å². The molecule has 0 bridgehead atoms. The van der Waals surface area contributed by atoms with E-state index in [1.807, 2.05) is 6.26 Å². The van der Waals surface area contributed by atoms with Crippen molar-refractivity contribution in [1.82, 2.24) is 10.3 Å². The quantitative estimate of drug-likeness (QED) is 0.751. The van der Waals surface area contributed by atoms with Gasteiger partial charge in [-0.1, -0.05) is 23.2 Å². The van der Waals surface area contributed by atoms with Gasteiger partial charge in [-0.15, -0.1) is 0 Å². The number of rotatable bonds is 6. The second-order valence-corrected chi connectivity index (χ2v) is 6.37. The second kappa shape index (κ2) is 7.40. The molecule has 1 aromatic heterocycles. The first kappa shape index (κ1) is 16.5. The third kappa shape index (κ3) is 3.86. The Balaban J connectivity index is 2.24. The molecule has 0 aliphatic rings. The number of H-pyrrole nitrogens is 1. The largest absolute Gasteiger partial charge is 0.396 e. The van der Waals surface area contributed by atoms with Crippen molar-refractivity contribution >= 4 is 51.8 Å². The maximum absolute atomic E-state index is 12.3. The molecule has 1 aromatic carbocycles. The van der Waals surface area contributed by atoms with Gasteiger partial charge in [-0.3, -0.25) is 4.79 Å². The molecule has 1 atom stereocenters. The van der Waals surface area contributed by atoms with E-state index >= 15 is 0 Å². The number of aromatic amines is 1. The summed E-state index contributed by atoms with van der Waals surface area (Å²) in [7, 11) is 0. The topological polar surface area (TPSA) is 65.1 Å². The van der Waals surface area contributed by atoms with Gasteiger partial charge in [0, 0.05) is 34.3 Å². The normalized spacial score (nSPS) is 12.6. The van der Waals surface area contributed by atoms with Gasteiger partial charge in [0.15, 0.2) is 0 Å². The van der Waals surface area contributed by atoms with Crippen LogP contribution in [0.25, 0.3) is 10.9 Å². The number of aromatic nitrogens is 1. The highest BCUT2D eigenvalue weighted by atomic mass is 35.5. The SMILES string of the molecule is CSCC(CCO)NC(=O)c1[nH]c2ccc(Cl)cc2c1Cl. The number of aliphatic hydroxyl groups is 1. The molecule has 0 saturated heterocycles. The Morgan fingerprint density at radius 1 is 1.48 bits per heavy atom. The van der Waals surface area contributed by atoms with Crippen molar-refractivity contribution in [3.63, 3.8) is 0 Å². The van der Waals surface area contributed by atoms with Crippen LogP contribution in [0.2, 0.25) is 10.0 Å². The summed E-state index contributed by atoms with van der Waals surface area (Å²) in [5.41, 5.74) is 1.08. The molecule has 0 spiro atoms. The summed E-state index contributed by atoms with van der Waals surface area (Å²) in [4.78, 5) is 15.3. The third-order valence-electron chi connectivity index (χ3n) is 3.10. The van der Waals surface area contributed by atoms with Crippen molar-refractivity contribution in [2.75, 3.05) is 18.6 Å². The average molecular weight is 347 g/mol. The Morgan fingerprint density at radius 3 is 2.90 bits per heavy atom. The molecular formula is C14H16Cl2N2O2S. The molecule has 3 N–H and O–H groups in total. The highest BCUT2D eigenvalue weighted by Gasteiger charge is 2.19. The molecule has 0 fully saturated rings. The van der Waals surface area contributed by atoms with Gasteiger partial charge in [0.05, 0.1) is 5.02 Å². The fourth-order valence-corrected chi connectivity index (χ4v) is 3.21. The Labute approximate surface area is 137 Å². The van der Waals surface area contributed by atoms with Crippen molar-refractivity contribution in [2.24, 2.45) is 0 Å². The van der Waals surface area contributed by atoms with Crippen LogP contribution in [0.4, 0.5) is 0 Å². The van der Waals surface area contributed by atoms with E-state index in [1.165, 1.54) is 0 Å². The second-order valence-electron chi connectivity index (χ2n) is 4.64. The van der Waals surface area contributed by atoms with Crippen molar-refractivity contribution in [3.8, 4) is 0 Å². The molecule has 21 heavy (non-hydrogen) atoms. The van der Waals surface area contributed by atoms with Gasteiger partial charge in [-0.25, -0.2) is 0 Å². The van der Waals surface area contributed by atoms with Gasteiger partial charge < -0.3 is 15.4 Å². The Bertz CT molecular complexity index is 639. The van der Waals surface area contributed by atoms with Crippen molar-refractivity contribution in [1.29, 1.82) is 0 Å². The van der Waals surface area contributed by atoms with Crippen LogP contribution >= 0.6 is 35.0 Å². The predicted octanol–water partition coefficient (Wildman–Crippen LogP) is 3.32. The van der Waals surface area contributed by atoms with Crippen LogP contribution in [0.1, 0.15) is 16.9 Å². The monoisotopic (exact) mass is 346 g/mol. The molecule has 1 unspecified atom stereocenters. The molecule has 2 aromatic rings. The minimum absolute atomic E-state index is 0.0293. The van der Waals surface area contributed by atoms with E-state index in [0.717, 1.165) is 16.7 Å². The van der Waals surface area contributed by atoms with Gasteiger partial charge in [0.25, 0.3) is 5.91 Å². The lowest BCUT2D eigenvalue weighted by Gasteiger charge is -2.16. The molecule has 0 radical (unpaired) electrons. The van der Waals surface area contributed by atoms with Crippen molar-refractivity contribution in [2.45, 2.75) is 12.5 Å². The molecule has 1 amide bonds. The van der Waals surface area contributed by atoms with E-state index in [4.69, 9.17) is 28.3 Å². The van der Waals surface area contributed by atoms with E-state index in [-0.39, 0.29) is 18.6 Å². The van der Waals surface area contributed by atoms with Crippen LogP contribution in [-0.4, -0.2) is 40.7 Å². The number of carbonyl (C=O) groups is 1. The number of nitrogens with one attached hydrogen (secondary N) is 2. The number of amides is 1. The van der Waals surface area contributed by atoms with E-state index in [0.29, 0.717) is 22.2 Å². The Morgan fingerprint density at radius 2 is 2.24 bits per heavy atom. The summed E-state index contributed by atoms with van der Waals surface area (Å²) >= 11 is 13.8. The van der Waals surface area contributed by atoms with Gasteiger partial charge in [-0.2, -0.15) is 11.8 Å². The number of fused-ring (bicyclic) bond motifs is 1. The molecule has 1 heterocycles. The maximum atomic E-state index is 12.3. The zero-order chi connectivity index (χ0) is 15.4. The Hall–Kier alpha value is -0.880. The molecule has 4 nitrogen and oxygen atoms in total. The number of benzene rings is 1. The number of carbonyl (C=O) groups excluding carboxylic acids is 1. The first-order valence-corrected chi connectivity index (χ1v) is 8.59. The lowest BCUT2D eigenvalue weighted by molar-refractivity contribution is 0.0931. The minimum atomic E-state index is -0.278. The first-order chi connectivity index (χ1) is 10.1. The van der Waals surface area contributed by atoms with Crippen LogP contribution in [-0.2, 0) is 0 Å². The maximum Gasteiger partial charge on any atom is 0.269 e. The average Bonchev–Trinajstić information content (AvgIpc) is 2.77. The van der Waals surface area contributed by atoms with E-state index < -0.39 is 0 Å². The highest BCUT2D eigenvalue weighted by molar-refractivity contribution is 7.98. The van der Waals surface area contributed by atoms with Crippen LogP contribution < -0.4 is 5.32 Å². The summed E-state index contributed by atoms with van der Waals surface area (Å²) in [5, 5.41) is 13.6. The van der Waals surface area contributed by atoms with E-state index in [9.17, 15) is 4.79 Å². The predicted molar refractivity (Wildman–Crippen MR) is 89.7 cm³/mol. The molecule has 7 heteroatoms. The fourth-order valence-electron chi connectivity index (χ4n) is 2.10. The van der Waals surface area contributed by atoms with E-state index in [1.54, 1.807) is 30.0 Å². The number of aliphatic hydroxyl groups excluding tert-OH is 1. The highest BCUT2D eigenvalue weighted by Crippen LogP contribution is 2.29. The zero-order valence-corrected chi connectivity index (χ0v) is 13.8. The van der Waals surface area contributed by atoms with Crippen molar-refractivity contribution < 1.29 is 9.90 Å². The smallest absolute Gasteiger partial charge is 0.269 e. The van der Waals surface area contributed by atoms with Crippen LogP contribution in [0, 0.1) is 0 Å². The summed E-state index contributed by atoms with van der Waals surface area (Å²) < 4.78 is 0. The van der Waals surface area contributed by atoms with Crippen molar-refractivity contribution in [3.05, 3.63) is 33.9 Å². The van der Waals surface area contributed by atoms with Gasteiger partial charge in [-0.05, 0) is 30.9 Å². The number of hydrogen-bond acceptors (Lipinski definition) is 3. The van der Waals surface area contributed by atoms with Crippen LogP contribution in [0.5, 0.6) is 0 Å². The molecular weight excluding hydrogens is 331 g/mol. The molecule has 0 aliphatic carbocycles. The minimum Gasteiger partial charge on any atom is -0.396 e. The molecule has 114 valence electrons. The summed E-state index contributed by atoms with van der Waals surface area (Å²) in [5.74, 6) is 0.454. The Kier molecular flexibility index (Phi) is 5.81.